The van der Waals surface area contributed by atoms with Gasteiger partial charge in [-0.25, -0.2) is 9.37 Å². The summed E-state index contributed by atoms with van der Waals surface area (Å²) in [4.78, 5) is 3.81. The van der Waals surface area contributed by atoms with Crippen LogP contribution < -0.4 is 4.74 Å². The molecule has 0 aromatic carbocycles. The molecule has 96 valence electrons. The fourth-order valence-corrected chi connectivity index (χ4v) is 1.53. The Kier molecular flexibility index (Phi) is 3.88. The SMILES string of the molecule is CCCn1cc(Oc2ncc(F)cc2CO)cn1. The monoisotopic (exact) mass is 251 g/mol. The number of hydrogen-bond acceptors (Lipinski definition) is 4. The van der Waals surface area contributed by atoms with E-state index in [1.165, 1.54) is 6.07 Å². The van der Waals surface area contributed by atoms with Gasteiger partial charge in [0.2, 0.25) is 5.88 Å². The lowest BCUT2D eigenvalue weighted by molar-refractivity contribution is 0.274. The first kappa shape index (κ1) is 12.5. The first-order valence-corrected chi connectivity index (χ1v) is 5.68. The highest BCUT2D eigenvalue weighted by Crippen LogP contribution is 2.23. The Morgan fingerprint density at radius 3 is 3.00 bits per heavy atom. The number of nitrogens with zero attached hydrogens (tertiary/aromatic N) is 3. The predicted molar refractivity (Wildman–Crippen MR) is 62.7 cm³/mol. The lowest BCUT2D eigenvalue weighted by atomic mass is 10.3. The number of aliphatic hydroxyl groups excluding tert-OH is 1. The van der Waals surface area contributed by atoms with E-state index >= 15 is 0 Å². The molecule has 0 fully saturated rings. The molecule has 0 unspecified atom stereocenters. The fraction of sp³-hybridized carbons (Fsp3) is 0.333. The van der Waals surface area contributed by atoms with Gasteiger partial charge in [0, 0.05) is 12.1 Å². The molecule has 0 spiro atoms. The number of pyridine rings is 1. The van der Waals surface area contributed by atoms with Gasteiger partial charge in [0.1, 0.15) is 5.82 Å². The third-order valence-electron chi connectivity index (χ3n) is 2.34. The number of halogens is 1. The van der Waals surface area contributed by atoms with Crippen molar-refractivity contribution in [3.05, 3.63) is 36.0 Å². The van der Waals surface area contributed by atoms with Gasteiger partial charge in [-0.1, -0.05) is 6.92 Å². The molecule has 0 amide bonds. The molecule has 18 heavy (non-hydrogen) atoms. The Morgan fingerprint density at radius 1 is 1.44 bits per heavy atom. The van der Waals surface area contributed by atoms with Crippen molar-refractivity contribution in [1.29, 1.82) is 0 Å². The van der Waals surface area contributed by atoms with Crippen molar-refractivity contribution >= 4 is 0 Å². The maximum atomic E-state index is 12.9. The molecule has 2 aromatic heterocycles. The Labute approximate surface area is 104 Å². The number of aliphatic hydroxyl groups is 1. The van der Waals surface area contributed by atoms with E-state index in [1.54, 1.807) is 17.1 Å². The Balaban J connectivity index is 2.17. The van der Waals surface area contributed by atoms with Crippen molar-refractivity contribution in [3.63, 3.8) is 0 Å². The van der Waals surface area contributed by atoms with Crippen molar-refractivity contribution in [2.75, 3.05) is 0 Å². The molecule has 2 aromatic rings. The Hall–Kier alpha value is -1.95. The minimum atomic E-state index is -0.506. The van der Waals surface area contributed by atoms with Crippen LogP contribution in [0.5, 0.6) is 11.6 Å². The molecule has 0 atom stereocenters. The molecular weight excluding hydrogens is 237 g/mol. The highest BCUT2D eigenvalue weighted by atomic mass is 19.1. The van der Waals surface area contributed by atoms with Crippen LogP contribution in [0, 0.1) is 5.82 Å². The second-order valence-electron chi connectivity index (χ2n) is 3.82. The zero-order chi connectivity index (χ0) is 13.0. The predicted octanol–water partition coefficient (Wildman–Crippen LogP) is 2.11. The van der Waals surface area contributed by atoms with Gasteiger partial charge in [-0.2, -0.15) is 5.10 Å². The van der Waals surface area contributed by atoms with Crippen LogP contribution in [-0.4, -0.2) is 19.9 Å². The summed E-state index contributed by atoms with van der Waals surface area (Å²) in [5, 5.41) is 13.2. The molecule has 0 saturated heterocycles. The van der Waals surface area contributed by atoms with Crippen LogP contribution in [-0.2, 0) is 13.2 Å². The van der Waals surface area contributed by atoms with Crippen LogP contribution >= 0.6 is 0 Å². The van der Waals surface area contributed by atoms with Gasteiger partial charge in [-0.15, -0.1) is 0 Å². The third kappa shape index (κ3) is 2.84. The highest BCUT2D eigenvalue weighted by Gasteiger charge is 2.09. The van der Waals surface area contributed by atoms with Crippen LogP contribution in [0.3, 0.4) is 0 Å². The van der Waals surface area contributed by atoms with Crippen LogP contribution in [0.25, 0.3) is 0 Å². The quantitative estimate of drug-likeness (QED) is 0.884. The van der Waals surface area contributed by atoms with E-state index in [9.17, 15) is 4.39 Å². The summed E-state index contributed by atoms with van der Waals surface area (Å²) in [6.45, 7) is 2.52. The van der Waals surface area contributed by atoms with Crippen molar-refractivity contribution < 1.29 is 14.2 Å². The summed E-state index contributed by atoms with van der Waals surface area (Å²) in [5.41, 5.74) is 0.304. The van der Waals surface area contributed by atoms with Gasteiger partial charge < -0.3 is 9.84 Å². The minimum Gasteiger partial charge on any atom is -0.435 e. The normalized spacial score (nSPS) is 10.6. The van der Waals surface area contributed by atoms with E-state index in [2.05, 4.69) is 10.1 Å². The average Bonchev–Trinajstić information content (AvgIpc) is 2.79. The largest absolute Gasteiger partial charge is 0.435 e. The van der Waals surface area contributed by atoms with E-state index in [-0.39, 0.29) is 12.5 Å². The summed E-state index contributed by atoms with van der Waals surface area (Å²) < 4.78 is 20.1. The number of aromatic nitrogens is 3. The molecule has 2 rings (SSSR count). The van der Waals surface area contributed by atoms with Crippen molar-refractivity contribution in [2.45, 2.75) is 26.5 Å². The van der Waals surface area contributed by atoms with Gasteiger partial charge in [-0.3, -0.25) is 4.68 Å². The van der Waals surface area contributed by atoms with Gasteiger partial charge in [0.25, 0.3) is 0 Å². The topological polar surface area (TPSA) is 60.2 Å². The zero-order valence-electron chi connectivity index (χ0n) is 10.0. The van der Waals surface area contributed by atoms with Crippen LogP contribution in [0.15, 0.2) is 24.7 Å². The molecular formula is C12H14FN3O2. The molecule has 0 aliphatic heterocycles. The Bertz CT molecular complexity index is 528. The van der Waals surface area contributed by atoms with Crippen molar-refractivity contribution in [3.8, 4) is 11.6 Å². The zero-order valence-corrected chi connectivity index (χ0v) is 10.0. The van der Waals surface area contributed by atoms with Crippen LogP contribution in [0.2, 0.25) is 0 Å². The Morgan fingerprint density at radius 2 is 2.28 bits per heavy atom. The van der Waals surface area contributed by atoms with Crippen LogP contribution in [0.1, 0.15) is 18.9 Å². The minimum absolute atomic E-state index is 0.190. The molecule has 0 bridgehead atoms. The summed E-state index contributed by atoms with van der Waals surface area (Å²) >= 11 is 0. The molecule has 2 heterocycles. The molecule has 1 N–H and O–H groups in total. The second-order valence-corrected chi connectivity index (χ2v) is 3.82. The summed E-state index contributed by atoms with van der Waals surface area (Å²) in [6.07, 6.45) is 5.31. The van der Waals surface area contributed by atoms with E-state index in [0.717, 1.165) is 19.2 Å². The van der Waals surface area contributed by atoms with Crippen molar-refractivity contribution in [1.82, 2.24) is 14.8 Å². The number of hydrogen-bond donors (Lipinski definition) is 1. The maximum Gasteiger partial charge on any atom is 0.225 e. The van der Waals surface area contributed by atoms with Crippen LogP contribution in [0.4, 0.5) is 4.39 Å². The first-order chi connectivity index (χ1) is 8.72. The van der Waals surface area contributed by atoms with E-state index < -0.39 is 5.82 Å². The molecule has 5 nitrogen and oxygen atoms in total. The number of aryl methyl sites for hydroxylation is 1. The third-order valence-corrected chi connectivity index (χ3v) is 2.34. The summed E-state index contributed by atoms with van der Waals surface area (Å²) in [5.74, 6) is 0.195. The van der Waals surface area contributed by atoms with E-state index in [1.807, 2.05) is 6.92 Å². The standard InChI is InChI=1S/C12H14FN3O2/c1-2-3-16-7-11(6-15-16)18-12-9(8-17)4-10(13)5-14-12/h4-7,17H,2-3,8H2,1H3. The number of ether oxygens (including phenoxy) is 1. The lowest BCUT2D eigenvalue weighted by Gasteiger charge is -2.06. The molecule has 0 aliphatic rings. The summed E-state index contributed by atoms with van der Waals surface area (Å²) in [6, 6.07) is 1.19. The average molecular weight is 251 g/mol. The lowest BCUT2D eigenvalue weighted by Crippen LogP contribution is -1.97. The maximum absolute atomic E-state index is 12.9. The molecule has 0 aliphatic carbocycles. The smallest absolute Gasteiger partial charge is 0.225 e. The van der Waals surface area contributed by atoms with E-state index in [0.29, 0.717) is 11.3 Å². The molecule has 0 radical (unpaired) electrons. The summed E-state index contributed by atoms with van der Waals surface area (Å²) in [7, 11) is 0. The van der Waals surface area contributed by atoms with Gasteiger partial charge >= 0.3 is 0 Å². The molecule has 6 heteroatoms. The van der Waals surface area contributed by atoms with E-state index in [4.69, 9.17) is 9.84 Å². The van der Waals surface area contributed by atoms with Gasteiger partial charge in [0.05, 0.1) is 25.2 Å². The second kappa shape index (κ2) is 5.59. The van der Waals surface area contributed by atoms with Gasteiger partial charge in [-0.05, 0) is 12.5 Å². The van der Waals surface area contributed by atoms with Crippen molar-refractivity contribution in [2.24, 2.45) is 0 Å². The van der Waals surface area contributed by atoms with Gasteiger partial charge in [0.15, 0.2) is 5.75 Å². The first-order valence-electron chi connectivity index (χ1n) is 5.68. The highest BCUT2D eigenvalue weighted by molar-refractivity contribution is 5.29. The number of rotatable bonds is 5. The molecule has 0 saturated carbocycles. The fourth-order valence-electron chi connectivity index (χ4n) is 1.53.